The van der Waals surface area contributed by atoms with Crippen LogP contribution in [-0.2, 0) is 17.4 Å². The molecule has 1 aromatic carbocycles. The maximum absolute atomic E-state index is 12.6. The lowest BCUT2D eigenvalue weighted by Crippen LogP contribution is -2.38. The van der Waals surface area contributed by atoms with Crippen molar-refractivity contribution in [2.24, 2.45) is 11.8 Å². The van der Waals surface area contributed by atoms with Crippen LogP contribution in [0.4, 0.5) is 13.2 Å². The molecule has 3 unspecified atom stereocenters. The molecular weight excluding hydrogens is 329 g/mol. The zero-order valence-corrected chi connectivity index (χ0v) is 14.8. The van der Waals surface area contributed by atoms with Crippen molar-refractivity contribution < 1.29 is 18.0 Å². The first-order chi connectivity index (χ1) is 11.8. The Balaban J connectivity index is 1.78. The first-order valence-electron chi connectivity index (χ1n) is 8.92. The van der Waals surface area contributed by atoms with E-state index >= 15 is 0 Å². The van der Waals surface area contributed by atoms with Crippen molar-refractivity contribution in [3.8, 4) is 0 Å². The van der Waals surface area contributed by atoms with E-state index in [1.165, 1.54) is 12.1 Å². The van der Waals surface area contributed by atoms with E-state index in [2.05, 4.69) is 17.6 Å². The van der Waals surface area contributed by atoms with E-state index in [-0.39, 0.29) is 11.9 Å². The number of piperidine rings is 1. The van der Waals surface area contributed by atoms with Gasteiger partial charge in [0.1, 0.15) is 0 Å². The van der Waals surface area contributed by atoms with Crippen LogP contribution in [0.25, 0.3) is 0 Å². The molecule has 0 bridgehead atoms. The highest BCUT2D eigenvalue weighted by molar-refractivity contribution is 5.76. The maximum atomic E-state index is 12.6. The predicted molar refractivity (Wildman–Crippen MR) is 92.1 cm³/mol. The van der Waals surface area contributed by atoms with E-state index in [4.69, 9.17) is 0 Å². The Morgan fingerprint density at radius 2 is 1.96 bits per heavy atom. The fourth-order valence-electron chi connectivity index (χ4n) is 3.39. The van der Waals surface area contributed by atoms with Crippen LogP contribution in [0.1, 0.15) is 44.2 Å². The molecule has 1 aromatic rings. The van der Waals surface area contributed by atoms with Gasteiger partial charge in [0.2, 0.25) is 5.91 Å². The number of alkyl halides is 3. The Bertz CT molecular complexity index is 551. The van der Waals surface area contributed by atoms with Crippen molar-refractivity contribution in [2.45, 2.75) is 51.7 Å². The van der Waals surface area contributed by atoms with Crippen LogP contribution in [0.2, 0.25) is 0 Å². The van der Waals surface area contributed by atoms with E-state index < -0.39 is 11.7 Å². The number of carbonyl (C=O) groups is 1. The highest BCUT2D eigenvalue weighted by Crippen LogP contribution is 2.29. The lowest BCUT2D eigenvalue weighted by molar-refractivity contribution is -0.137. The van der Waals surface area contributed by atoms with Crippen LogP contribution in [0.15, 0.2) is 24.3 Å². The van der Waals surface area contributed by atoms with E-state index in [0.717, 1.165) is 43.6 Å². The molecule has 2 N–H and O–H groups in total. The van der Waals surface area contributed by atoms with Gasteiger partial charge in [-0.15, -0.1) is 0 Å². The second kappa shape index (κ2) is 8.70. The molecule has 1 aliphatic rings. The van der Waals surface area contributed by atoms with Gasteiger partial charge in [0, 0.05) is 12.5 Å². The van der Waals surface area contributed by atoms with Gasteiger partial charge in [0.05, 0.1) is 5.56 Å². The van der Waals surface area contributed by atoms with E-state index in [9.17, 15) is 18.0 Å². The number of halogens is 3. The smallest absolute Gasteiger partial charge is 0.353 e. The van der Waals surface area contributed by atoms with Crippen molar-refractivity contribution in [1.82, 2.24) is 10.6 Å². The van der Waals surface area contributed by atoms with Gasteiger partial charge in [-0.2, -0.15) is 13.2 Å². The predicted octanol–water partition coefficient (Wildman–Crippen LogP) is 3.78. The molecule has 1 heterocycles. The molecule has 0 saturated carbocycles. The van der Waals surface area contributed by atoms with Gasteiger partial charge in [-0.25, -0.2) is 0 Å². The van der Waals surface area contributed by atoms with Gasteiger partial charge >= 0.3 is 6.18 Å². The minimum atomic E-state index is -4.32. The van der Waals surface area contributed by atoms with Crippen molar-refractivity contribution in [2.75, 3.05) is 13.1 Å². The molecule has 0 aliphatic carbocycles. The summed E-state index contributed by atoms with van der Waals surface area (Å²) in [7, 11) is 0. The van der Waals surface area contributed by atoms with Gasteiger partial charge in [-0.05, 0) is 68.8 Å². The van der Waals surface area contributed by atoms with Crippen LogP contribution < -0.4 is 10.6 Å². The third kappa shape index (κ3) is 6.34. The molecular formula is C19H27F3N2O. The quantitative estimate of drug-likeness (QED) is 0.814. The largest absolute Gasteiger partial charge is 0.416 e. The third-order valence-corrected chi connectivity index (χ3v) is 4.88. The van der Waals surface area contributed by atoms with E-state index in [1.807, 2.05) is 6.92 Å². The summed E-state index contributed by atoms with van der Waals surface area (Å²) >= 11 is 0. The zero-order chi connectivity index (χ0) is 18.4. The third-order valence-electron chi connectivity index (χ3n) is 4.88. The summed E-state index contributed by atoms with van der Waals surface area (Å²) in [5.41, 5.74) is 0.133. The second-order valence-electron chi connectivity index (χ2n) is 7.16. The van der Waals surface area contributed by atoms with Crippen LogP contribution in [0, 0.1) is 11.8 Å². The van der Waals surface area contributed by atoms with Crippen LogP contribution in [-0.4, -0.2) is 25.0 Å². The van der Waals surface area contributed by atoms with Crippen molar-refractivity contribution in [3.05, 3.63) is 35.4 Å². The Morgan fingerprint density at radius 1 is 1.28 bits per heavy atom. The zero-order valence-electron chi connectivity index (χ0n) is 14.8. The standard InChI is InChI=1S/C19H27F3N2O/c1-13(16-4-3-9-23-12-16)10-18(25)24-14(2)11-15-5-7-17(8-6-15)19(20,21)22/h5-8,13-14,16,23H,3-4,9-12H2,1-2H3,(H,24,25). The Labute approximate surface area is 147 Å². The molecule has 140 valence electrons. The first kappa shape index (κ1) is 19.8. The highest BCUT2D eigenvalue weighted by atomic mass is 19.4. The number of hydrogen-bond acceptors (Lipinski definition) is 2. The number of nitrogens with one attached hydrogen (secondary N) is 2. The molecule has 3 nitrogen and oxygen atoms in total. The molecule has 1 fully saturated rings. The van der Waals surface area contributed by atoms with E-state index in [1.54, 1.807) is 0 Å². The normalized spacial score (nSPS) is 20.8. The highest BCUT2D eigenvalue weighted by Gasteiger charge is 2.30. The fourth-order valence-corrected chi connectivity index (χ4v) is 3.39. The number of hydrogen-bond donors (Lipinski definition) is 2. The van der Waals surface area contributed by atoms with Gasteiger partial charge in [-0.3, -0.25) is 4.79 Å². The summed E-state index contributed by atoms with van der Waals surface area (Å²) in [6.07, 6.45) is -1.00. The van der Waals surface area contributed by atoms with E-state index in [0.29, 0.717) is 24.7 Å². The average molecular weight is 356 g/mol. The molecule has 3 atom stereocenters. The second-order valence-corrected chi connectivity index (χ2v) is 7.16. The Morgan fingerprint density at radius 3 is 2.52 bits per heavy atom. The van der Waals surface area contributed by atoms with Crippen molar-refractivity contribution in [3.63, 3.8) is 0 Å². The molecule has 1 aliphatic heterocycles. The first-order valence-corrected chi connectivity index (χ1v) is 8.92. The SMILES string of the molecule is CC(Cc1ccc(C(F)(F)F)cc1)NC(=O)CC(C)C1CCCNC1. The summed E-state index contributed by atoms with van der Waals surface area (Å²) in [4.78, 5) is 12.2. The van der Waals surface area contributed by atoms with Crippen LogP contribution in [0.3, 0.4) is 0 Å². The number of rotatable bonds is 6. The van der Waals surface area contributed by atoms with Crippen LogP contribution in [0.5, 0.6) is 0 Å². The van der Waals surface area contributed by atoms with Crippen LogP contribution >= 0.6 is 0 Å². The van der Waals surface area contributed by atoms with Crippen molar-refractivity contribution in [1.29, 1.82) is 0 Å². The van der Waals surface area contributed by atoms with Gasteiger partial charge in [-0.1, -0.05) is 19.1 Å². The number of benzene rings is 1. The maximum Gasteiger partial charge on any atom is 0.416 e. The van der Waals surface area contributed by atoms with Gasteiger partial charge in [0.25, 0.3) is 0 Å². The number of carbonyl (C=O) groups excluding carboxylic acids is 1. The molecule has 2 rings (SSSR count). The molecule has 0 aromatic heterocycles. The summed E-state index contributed by atoms with van der Waals surface area (Å²) < 4.78 is 37.7. The molecule has 1 amide bonds. The summed E-state index contributed by atoms with van der Waals surface area (Å²) in [5.74, 6) is 0.869. The molecule has 25 heavy (non-hydrogen) atoms. The lowest BCUT2D eigenvalue weighted by Gasteiger charge is -2.28. The summed E-state index contributed by atoms with van der Waals surface area (Å²) in [5, 5.41) is 6.33. The summed E-state index contributed by atoms with van der Waals surface area (Å²) in [6, 6.07) is 5.01. The molecule has 0 spiro atoms. The van der Waals surface area contributed by atoms with Gasteiger partial charge < -0.3 is 10.6 Å². The monoisotopic (exact) mass is 356 g/mol. The van der Waals surface area contributed by atoms with Gasteiger partial charge in [0.15, 0.2) is 0 Å². The number of amides is 1. The molecule has 0 radical (unpaired) electrons. The lowest BCUT2D eigenvalue weighted by atomic mass is 9.85. The minimum Gasteiger partial charge on any atom is -0.353 e. The Hall–Kier alpha value is -1.56. The minimum absolute atomic E-state index is 0.0116. The fraction of sp³-hybridized carbons (Fsp3) is 0.632. The molecule has 1 saturated heterocycles. The molecule has 6 heteroatoms. The van der Waals surface area contributed by atoms with Crippen molar-refractivity contribution >= 4 is 5.91 Å². The topological polar surface area (TPSA) is 41.1 Å². The summed E-state index contributed by atoms with van der Waals surface area (Å²) in [6.45, 7) is 6.01. The Kier molecular flexibility index (Phi) is 6.87. The average Bonchev–Trinajstić information content (AvgIpc) is 2.55.